The maximum atomic E-state index is 10.9. The minimum absolute atomic E-state index is 0.0306. The second-order valence-electron chi connectivity index (χ2n) is 2.32. The summed E-state index contributed by atoms with van der Waals surface area (Å²) in [7, 11) is 0. The molecule has 0 bridgehead atoms. The highest BCUT2D eigenvalue weighted by Crippen LogP contribution is 2.06. The molecule has 0 spiro atoms. The zero-order valence-corrected chi connectivity index (χ0v) is 6.28. The van der Waals surface area contributed by atoms with Crippen molar-refractivity contribution in [2.24, 2.45) is 0 Å². The molecule has 5 nitrogen and oxygen atoms in total. The summed E-state index contributed by atoms with van der Waals surface area (Å²) >= 11 is 0. The van der Waals surface area contributed by atoms with E-state index in [1.807, 2.05) is 5.32 Å². The molecule has 0 aromatic rings. The van der Waals surface area contributed by atoms with Crippen LogP contribution in [0.3, 0.4) is 0 Å². The molecule has 3 amide bonds. The highest BCUT2D eigenvalue weighted by molar-refractivity contribution is 6.04. The summed E-state index contributed by atoms with van der Waals surface area (Å²) in [5, 5.41) is 10.8. The van der Waals surface area contributed by atoms with Crippen LogP contribution in [0.5, 0.6) is 0 Å². The molecule has 2 N–H and O–H groups in total. The number of amides is 3. The van der Waals surface area contributed by atoms with Crippen LogP contribution in [0, 0.1) is 12.3 Å². The third-order valence-corrected chi connectivity index (χ3v) is 1.60. The van der Waals surface area contributed by atoms with E-state index in [1.54, 1.807) is 0 Å². The van der Waals surface area contributed by atoms with Gasteiger partial charge in [-0.3, -0.25) is 15.0 Å². The van der Waals surface area contributed by atoms with Crippen molar-refractivity contribution in [3.63, 3.8) is 0 Å². The third-order valence-electron chi connectivity index (χ3n) is 1.60. The summed E-state index contributed by atoms with van der Waals surface area (Å²) in [4.78, 5) is 22.9. The molecule has 1 aliphatic heterocycles. The molecule has 0 aromatic carbocycles. The summed E-state index contributed by atoms with van der Waals surface area (Å²) in [6, 6.07) is -1.37. The normalized spacial score (nSPS) is 22.3. The summed E-state index contributed by atoms with van der Waals surface area (Å²) in [6.45, 7) is -0.373. The van der Waals surface area contributed by atoms with Crippen molar-refractivity contribution >= 4 is 11.9 Å². The van der Waals surface area contributed by atoms with Gasteiger partial charge in [-0.15, -0.1) is 6.42 Å². The van der Waals surface area contributed by atoms with E-state index in [2.05, 4.69) is 5.92 Å². The lowest BCUT2D eigenvalue weighted by Gasteiger charge is -2.15. The van der Waals surface area contributed by atoms with E-state index in [-0.39, 0.29) is 6.54 Å². The molecule has 5 heteroatoms. The summed E-state index contributed by atoms with van der Waals surface area (Å²) in [5.41, 5.74) is 0. The molecule has 1 atom stereocenters. The van der Waals surface area contributed by atoms with E-state index in [4.69, 9.17) is 11.5 Å². The highest BCUT2D eigenvalue weighted by Gasteiger charge is 2.36. The van der Waals surface area contributed by atoms with Gasteiger partial charge in [-0.2, -0.15) is 0 Å². The molecule has 1 heterocycles. The van der Waals surface area contributed by atoms with Gasteiger partial charge in [0.2, 0.25) is 0 Å². The van der Waals surface area contributed by atoms with Crippen molar-refractivity contribution < 1.29 is 14.7 Å². The largest absolute Gasteiger partial charge is 0.394 e. The Labute approximate surface area is 69.3 Å². The van der Waals surface area contributed by atoms with Gasteiger partial charge in [-0.05, 0) is 0 Å². The quantitative estimate of drug-likeness (QED) is 0.391. The van der Waals surface area contributed by atoms with Crippen LogP contribution in [0.4, 0.5) is 4.79 Å². The van der Waals surface area contributed by atoms with Crippen LogP contribution in [0.2, 0.25) is 0 Å². The zero-order chi connectivity index (χ0) is 9.14. The number of urea groups is 1. The lowest BCUT2D eigenvalue weighted by atomic mass is 10.3. The number of rotatable bonds is 2. The van der Waals surface area contributed by atoms with E-state index in [0.29, 0.717) is 0 Å². The Morgan fingerprint density at radius 2 is 2.33 bits per heavy atom. The number of imide groups is 1. The number of nitrogens with one attached hydrogen (secondary N) is 1. The first-order valence-electron chi connectivity index (χ1n) is 3.36. The number of carbonyl (C=O) groups is 2. The van der Waals surface area contributed by atoms with Gasteiger partial charge in [0.05, 0.1) is 13.2 Å². The lowest BCUT2D eigenvalue weighted by molar-refractivity contribution is -0.122. The monoisotopic (exact) mass is 168 g/mol. The van der Waals surface area contributed by atoms with E-state index < -0.39 is 24.6 Å². The zero-order valence-electron chi connectivity index (χ0n) is 6.28. The Balaban J connectivity index is 2.76. The predicted octanol–water partition coefficient (Wildman–Crippen LogP) is -1.47. The molecule has 64 valence electrons. The van der Waals surface area contributed by atoms with Crippen molar-refractivity contribution in [3.05, 3.63) is 0 Å². The molecule has 12 heavy (non-hydrogen) atoms. The molecule has 1 fully saturated rings. The van der Waals surface area contributed by atoms with Crippen LogP contribution >= 0.6 is 0 Å². The van der Waals surface area contributed by atoms with E-state index in [9.17, 15) is 9.59 Å². The van der Waals surface area contributed by atoms with Gasteiger partial charge in [0.15, 0.2) is 0 Å². The molecule has 1 rings (SSSR count). The average Bonchev–Trinajstić information content (AvgIpc) is 2.28. The molecular formula is C7H8N2O3. The molecule has 0 radical (unpaired) electrons. The average molecular weight is 168 g/mol. The van der Waals surface area contributed by atoms with E-state index >= 15 is 0 Å². The fourth-order valence-electron chi connectivity index (χ4n) is 1.01. The molecule has 0 saturated carbocycles. The summed E-state index contributed by atoms with van der Waals surface area (Å²) in [6.07, 6.45) is 4.97. The fourth-order valence-corrected chi connectivity index (χ4v) is 1.01. The molecule has 1 aliphatic rings. The van der Waals surface area contributed by atoms with Crippen LogP contribution < -0.4 is 5.32 Å². The number of hydrogen-bond acceptors (Lipinski definition) is 3. The number of terminal acetylenes is 1. The highest BCUT2D eigenvalue weighted by atomic mass is 16.3. The van der Waals surface area contributed by atoms with Crippen LogP contribution in [-0.4, -0.2) is 41.1 Å². The van der Waals surface area contributed by atoms with Gasteiger partial charge in [-0.25, -0.2) is 4.79 Å². The van der Waals surface area contributed by atoms with Crippen molar-refractivity contribution in [1.82, 2.24) is 10.2 Å². The van der Waals surface area contributed by atoms with Gasteiger partial charge < -0.3 is 5.11 Å². The van der Waals surface area contributed by atoms with Crippen molar-refractivity contribution in [1.29, 1.82) is 0 Å². The standard InChI is InChI=1S/C7H8N2O3/c1-2-3-9-5(4-10)6(11)8-7(9)12/h1,5,10H,3-4H2,(H,8,11,12). The van der Waals surface area contributed by atoms with Gasteiger partial charge in [0.1, 0.15) is 6.04 Å². The second-order valence-corrected chi connectivity index (χ2v) is 2.32. The van der Waals surface area contributed by atoms with Crippen molar-refractivity contribution in [2.75, 3.05) is 13.2 Å². The molecule has 1 saturated heterocycles. The Morgan fingerprint density at radius 3 is 2.83 bits per heavy atom. The summed E-state index contributed by atoms with van der Waals surface area (Å²) in [5.74, 6) is 1.72. The maximum absolute atomic E-state index is 10.9. The molecular weight excluding hydrogens is 160 g/mol. The van der Waals surface area contributed by atoms with E-state index in [1.165, 1.54) is 0 Å². The minimum Gasteiger partial charge on any atom is -0.394 e. The summed E-state index contributed by atoms with van der Waals surface area (Å²) < 4.78 is 0. The predicted molar refractivity (Wildman–Crippen MR) is 40.0 cm³/mol. The van der Waals surface area contributed by atoms with Crippen LogP contribution in [0.15, 0.2) is 0 Å². The first-order chi connectivity index (χ1) is 5.70. The van der Waals surface area contributed by atoms with Gasteiger partial charge >= 0.3 is 6.03 Å². The Bertz CT molecular complexity index is 256. The van der Waals surface area contributed by atoms with Crippen molar-refractivity contribution in [3.8, 4) is 12.3 Å². The first kappa shape index (κ1) is 8.56. The van der Waals surface area contributed by atoms with Crippen LogP contribution in [-0.2, 0) is 4.79 Å². The van der Waals surface area contributed by atoms with Crippen LogP contribution in [0.25, 0.3) is 0 Å². The maximum Gasteiger partial charge on any atom is 0.325 e. The topological polar surface area (TPSA) is 69.6 Å². The number of nitrogens with zero attached hydrogens (tertiary/aromatic N) is 1. The van der Waals surface area contributed by atoms with Gasteiger partial charge in [0.25, 0.3) is 5.91 Å². The Kier molecular flexibility index (Phi) is 2.31. The SMILES string of the molecule is C#CCN1C(=O)NC(=O)C1CO. The molecule has 1 unspecified atom stereocenters. The minimum atomic E-state index is -0.825. The van der Waals surface area contributed by atoms with Crippen molar-refractivity contribution in [2.45, 2.75) is 6.04 Å². The van der Waals surface area contributed by atoms with Gasteiger partial charge in [-0.1, -0.05) is 5.92 Å². The molecule has 0 aliphatic carbocycles. The van der Waals surface area contributed by atoms with Gasteiger partial charge in [0, 0.05) is 0 Å². The smallest absolute Gasteiger partial charge is 0.325 e. The second kappa shape index (κ2) is 3.24. The molecule has 0 aromatic heterocycles. The Morgan fingerprint density at radius 1 is 1.67 bits per heavy atom. The Hall–Kier alpha value is -1.54. The number of aliphatic hydroxyl groups is 1. The number of carbonyl (C=O) groups excluding carboxylic acids is 2. The number of aliphatic hydroxyl groups excluding tert-OH is 1. The third kappa shape index (κ3) is 1.24. The van der Waals surface area contributed by atoms with E-state index in [0.717, 1.165) is 4.90 Å². The number of hydrogen-bond donors (Lipinski definition) is 2. The lowest BCUT2D eigenvalue weighted by Crippen LogP contribution is -2.37. The van der Waals surface area contributed by atoms with Crippen LogP contribution in [0.1, 0.15) is 0 Å². The first-order valence-corrected chi connectivity index (χ1v) is 3.36. The fraction of sp³-hybridized carbons (Fsp3) is 0.429.